The molecule has 0 aliphatic heterocycles. The highest BCUT2D eigenvalue weighted by molar-refractivity contribution is 5.76. The maximum absolute atomic E-state index is 13.2. The summed E-state index contributed by atoms with van der Waals surface area (Å²) in [6.45, 7) is 6.99. The van der Waals surface area contributed by atoms with Crippen LogP contribution in [-0.4, -0.2) is 44.5 Å². The lowest BCUT2D eigenvalue weighted by Gasteiger charge is -2.11. The van der Waals surface area contributed by atoms with E-state index in [2.05, 4.69) is 15.4 Å². The number of fused-ring (bicyclic) bond motifs is 1. The fourth-order valence-corrected chi connectivity index (χ4v) is 3.06. The van der Waals surface area contributed by atoms with Crippen molar-refractivity contribution in [2.75, 3.05) is 13.2 Å². The van der Waals surface area contributed by atoms with Crippen LogP contribution in [0.5, 0.6) is 0 Å². The molecule has 0 saturated heterocycles. The predicted octanol–water partition coefficient (Wildman–Crippen LogP) is 2.35. The van der Waals surface area contributed by atoms with Gasteiger partial charge in [-0.05, 0) is 51.5 Å². The zero-order valence-electron chi connectivity index (χ0n) is 17.4. The number of rotatable bonds is 9. The Bertz CT molecular complexity index is 1070. The first kappa shape index (κ1) is 21.6. The Labute approximate surface area is 173 Å². The second kappa shape index (κ2) is 9.62. The van der Waals surface area contributed by atoms with Gasteiger partial charge >= 0.3 is 0 Å². The van der Waals surface area contributed by atoms with Crippen LogP contribution in [0.15, 0.2) is 35.3 Å². The lowest BCUT2D eigenvalue weighted by Crippen LogP contribution is -2.30. The highest BCUT2D eigenvalue weighted by Gasteiger charge is 2.15. The van der Waals surface area contributed by atoms with Crippen LogP contribution in [0, 0.1) is 12.7 Å². The molecule has 0 aliphatic rings. The Hall–Kier alpha value is -3.07. The molecule has 30 heavy (non-hydrogen) atoms. The smallest absolute Gasteiger partial charge is 0.264 e. The third-order valence-corrected chi connectivity index (χ3v) is 4.61. The molecule has 2 aromatic heterocycles. The molecule has 0 fully saturated rings. The number of nitrogens with zero attached hydrogens (tertiary/aromatic N) is 4. The lowest BCUT2D eigenvalue weighted by atomic mass is 10.3. The first-order chi connectivity index (χ1) is 14.4. The summed E-state index contributed by atoms with van der Waals surface area (Å²) in [5.74, 6) is -0.00474. The van der Waals surface area contributed by atoms with Gasteiger partial charge in [0.05, 0.1) is 18.0 Å². The van der Waals surface area contributed by atoms with Gasteiger partial charge in [0.1, 0.15) is 17.0 Å². The van der Waals surface area contributed by atoms with Crippen molar-refractivity contribution >= 4 is 16.9 Å². The zero-order chi connectivity index (χ0) is 21.7. The lowest BCUT2D eigenvalue weighted by molar-refractivity contribution is -0.121. The van der Waals surface area contributed by atoms with E-state index in [1.807, 2.05) is 13.8 Å². The predicted molar refractivity (Wildman–Crippen MR) is 111 cm³/mol. The van der Waals surface area contributed by atoms with E-state index in [4.69, 9.17) is 4.74 Å². The molecule has 8 nitrogen and oxygen atoms in total. The van der Waals surface area contributed by atoms with Gasteiger partial charge in [0.25, 0.3) is 5.56 Å². The molecular formula is C21H26FN5O3. The molecular weight excluding hydrogens is 389 g/mol. The molecule has 0 unspecified atom stereocenters. The SMILES string of the molecule is Cc1nc2c(cnn2-c2ccc(F)cc2)c(=O)n1CCC(=O)NCCCOC(C)C. The average Bonchev–Trinajstić information content (AvgIpc) is 3.11. The molecule has 0 atom stereocenters. The molecule has 2 heterocycles. The van der Waals surface area contributed by atoms with E-state index in [1.54, 1.807) is 19.1 Å². The summed E-state index contributed by atoms with van der Waals surface area (Å²) in [7, 11) is 0. The molecule has 0 spiro atoms. The van der Waals surface area contributed by atoms with Crippen molar-refractivity contribution in [1.82, 2.24) is 24.6 Å². The van der Waals surface area contributed by atoms with E-state index in [1.165, 1.54) is 27.6 Å². The van der Waals surface area contributed by atoms with E-state index >= 15 is 0 Å². The molecule has 1 aromatic carbocycles. The standard InChI is InChI=1S/C21H26FN5O3/c1-14(2)30-12-4-10-23-19(28)9-11-26-15(3)25-20-18(21(26)29)13-24-27(20)17-7-5-16(22)6-8-17/h5-8,13-14H,4,9-12H2,1-3H3,(H,23,28). The minimum Gasteiger partial charge on any atom is -0.379 e. The summed E-state index contributed by atoms with van der Waals surface area (Å²) in [5, 5.41) is 7.41. The number of aryl methyl sites for hydroxylation is 1. The molecule has 1 amide bonds. The molecule has 3 rings (SSSR count). The van der Waals surface area contributed by atoms with Gasteiger partial charge in [0.15, 0.2) is 5.65 Å². The normalized spacial score (nSPS) is 11.4. The van der Waals surface area contributed by atoms with E-state index in [0.717, 1.165) is 6.42 Å². The van der Waals surface area contributed by atoms with Gasteiger partial charge in [-0.3, -0.25) is 14.2 Å². The van der Waals surface area contributed by atoms with E-state index in [9.17, 15) is 14.0 Å². The van der Waals surface area contributed by atoms with Crippen molar-refractivity contribution in [2.45, 2.75) is 46.3 Å². The maximum atomic E-state index is 13.2. The number of halogens is 1. The summed E-state index contributed by atoms with van der Waals surface area (Å²) >= 11 is 0. The van der Waals surface area contributed by atoms with Crippen molar-refractivity contribution in [3.05, 3.63) is 52.5 Å². The van der Waals surface area contributed by atoms with Gasteiger partial charge in [0.2, 0.25) is 5.91 Å². The zero-order valence-corrected chi connectivity index (χ0v) is 17.4. The molecule has 160 valence electrons. The first-order valence-electron chi connectivity index (χ1n) is 9.96. The minimum absolute atomic E-state index is 0.132. The third kappa shape index (κ3) is 5.10. The highest BCUT2D eigenvalue weighted by Crippen LogP contribution is 2.15. The Balaban J connectivity index is 1.68. The van der Waals surface area contributed by atoms with Crippen molar-refractivity contribution in [3.8, 4) is 5.69 Å². The topological polar surface area (TPSA) is 91.0 Å². The van der Waals surface area contributed by atoms with Crippen LogP contribution in [0.3, 0.4) is 0 Å². The highest BCUT2D eigenvalue weighted by atomic mass is 19.1. The van der Waals surface area contributed by atoms with Gasteiger partial charge in [-0.25, -0.2) is 14.1 Å². The molecule has 0 bridgehead atoms. The Morgan fingerprint density at radius 2 is 2.00 bits per heavy atom. The summed E-state index contributed by atoms with van der Waals surface area (Å²) in [4.78, 5) is 29.5. The summed E-state index contributed by atoms with van der Waals surface area (Å²) in [5.41, 5.74) is 0.746. The fraction of sp³-hybridized carbons (Fsp3) is 0.429. The van der Waals surface area contributed by atoms with Crippen molar-refractivity contribution in [3.63, 3.8) is 0 Å². The summed E-state index contributed by atoms with van der Waals surface area (Å²) < 4.78 is 21.6. The molecule has 3 aromatic rings. The van der Waals surface area contributed by atoms with Crippen LogP contribution in [0.25, 0.3) is 16.7 Å². The number of carbonyl (C=O) groups is 1. The van der Waals surface area contributed by atoms with Gasteiger partial charge in [-0.15, -0.1) is 0 Å². The van der Waals surface area contributed by atoms with E-state index in [-0.39, 0.29) is 36.4 Å². The Kier molecular flexibility index (Phi) is 6.94. The van der Waals surface area contributed by atoms with Crippen LogP contribution in [0.4, 0.5) is 4.39 Å². The number of hydrogen-bond donors (Lipinski definition) is 1. The van der Waals surface area contributed by atoms with Crippen LogP contribution < -0.4 is 10.9 Å². The Morgan fingerprint density at radius 3 is 2.70 bits per heavy atom. The number of benzene rings is 1. The number of aromatic nitrogens is 4. The summed E-state index contributed by atoms with van der Waals surface area (Å²) in [6.07, 6.45) is 2.52. The van der Waals surface area contributed by atoms with E-state index < -0.39 is 0 Å². The van der Waals surface area contributed by atoms with Gasteiger partial charge < -0.3 is 10.1 Å². The van der Waals surface area contributed by atoms with Crippen molar-refractivity contribution in [2.24, 2.45) is 0 Å². The number of ether oxygens (including phenoxy) is 1. The third-order valence-electron chi connectivity index (χ3n) is 4.61. The molecule has 0 aliphatic carbocycles. The van der Waals surface area contributed by atoms with Gasteiger partial charge in [-0.2, -0.15) is 5.10 Å². The summed E-state index contributed by atoms with van der Waals surface area (Å²) in [6, 6.07) is 5.79. The number of nitrogens with one attached hydrogen (secondary N) is 1. The van der Waals surface area contributed by atoms with Gasteiger partial charge in [0, 0.05) is 26.1 Å². The first-order valence-corrected chi connectivity index (χ1v) is 9.96. The van der Waals surface area contributed by atoms with Crippen LogP contribution in [0.1, 0.15) is 32.5 Å². The van der Waals surface area contributed by atoms with Crippen LogP contribution in [-0.2, 0) is 16.1 Å². The van der Waals surface area contributed by atoms with Gasteiger partial charge in [-0.1, -0.05) is 0 Å². The van der Waals surface area contributed by atoms with Crippen molar-refractivity contribution in [1.29, 1.82) is 0 Å². The molecule has 0 radical (unpaired) electrons. The largest absolute Gasteiger partial charge is 0.379 e. The van der Waals surface area contributed by atoms with Crippen LogP contribution >= 0.6 is 0 Å². The minimum atomic E-state index is -0.354. The number of amides is 1. The molecule has 9 heteroatoms. The average molecular weight is 415 g/mol. The maximum Gasteiger partial charge on any atom is 0.264 e. The second-order valence-electron chi connectivity index (χ2n) is 7.26. The van der Waals surface area contributed by atoms with Crippen molar-refractivity contribution < 1.29 is 13.9 Å². The molecule has 0 saturated carbocycles. The number of hydrogen-bond acceptors (Lipinski definition) is 5. The van der Waals surface area contributed by atoms with E-state index in [0.29, 0.717) is 35.7 Å². The number of carbonyl (C=O) groups excluding carboxylic acids is 1. The van der Waals surface area contributed by atoms with Crippen LogP contribution in [0.2, 0.25) is 0 Å². The molecule has 1 N–H and O–H groups in total. The second-order valence-corrected chi connectivity index (χ2v) is 7.26. The monoisotopic (exact) mass is 415 g/mol. The Morgan fingerprint density at radius 1 is 1.27 bits per heavy atom. The quantitative estimate of drug-likeness (QED) is 0.542. The fourth-order valence-electron chi connectivity index (χ4n) is 3.06.